The minimum Gasteiger partial charge on any atom is -0.339 e. The Bertz CT molecular complexity index is 382. The molecule has 0 aromatic carbocycles. The third-order valence-electron chi connectivity index (χ3n) is 3.53. The lowest BCUT2D eigenvalue weighted by Crippen LogP contribution is -2.33. The summed E-state index contributed by atoms with van der Waals surface area (Å²) in [6.45, 7) is 5.88. The van der Waals surface area contributed by atoms with Crippen LogP contribution in [-0.2, 0) is 0 Å². The molecule has 1 aliphatic heterocycles. The van der Waals surface area contributed by atoms with Gasteiger partial charge in [0.2, 0.25) is 5.89 Å². The fourth-order valence-electron chi connectivity index (χ4n) is 2.15. The number of rotatable bonds is 4. The first kappa shape index (κ1) is 13.8. The van der Waals surface area contributed by atoms with Crippen LogP contribution in [0.2, 0.25) is 0 Å². The van der Waals surface area contributed by atoms with E-state index in [9.17, 15) is 0 Å². The van der Waals surface area contributed by atoms with E-state index in [-0.39, 0.29) is 12.0 Å². The van der Waals surface area contributed by atoms with Gasteiger partial charge in [0, 0.05) is 24.6 Å². The van der Waals surface area contributed by atoms with Crippen LogP contribution in [0.1, 0.15) is 37.5 Å². The van der Waals surface area contributed by atoms with Gasteiger partial charge >= 0.3 is 0 Å². The van der Waals surface area contributed by atoms with Crippen LogP contribution in [0, 0.1) is 5.92 Å². The maximum absolute atomic E-state index is 5.78. The molecule has 0 radical (unpaired) electrons. The van der Waals surface area contributed by atoms with Crippen molar-refractivity contribution in [3.63, 3.8) is 0 Å². The monoisotopic (exact) mass is 270 g/mol. The second kappa shape index (κ2) is 6.04. The van der Waals surface area contributed by atoms with Gasteiger partial charge in [0.1, 0.15) is 0 Å². The standard InChI is InChI=1S/C12H22N4OS/c1-8(2)9(6-13)12-14-11(15-17-12)10-7-18-5-4-16(10)3/h8-10H,4-7,13H2,1-3H3. The summed E-state index contributed by atoms with van der Waals surface area (Å²) in [5.74, 6) is 4.28. The Kier molecular flexibility index (Phi) is 4.64. The average molecular weight is 270 g/mol. The SMILES string of the molecule is CC(C)C(CN)c1nc(C2CSCCN2C)no1. The van der Waals surface area contributed by atoms with Crippen LogP contribution < -0.4 is 5.73 Å². The van der Waals surface area contributed by atoms with Crippen molar-refractivity contribution in [1.82, 2.24) is 15.0 Å². The van der Waals surface area contributed by atoms with E-state index in [0.29, 0.717) is 18.4 Å². The Morgan fingerprint density at radius 3 is 2.94 bits per heavy atom. The topological polar surface area (TPSA) is 68.2 Å². The van der Waals surface area contributed by atoms with E-state index in [0.717, 1.165) is 18.1 Å². The van der Waals surface area contributed by atoms with Crippen molar-refractivity contribution in [2.75, 3.05) is 31.6 Å². The molecule has 2 unspecified atom stereocenters. The van der Waals surface area contributed by atoms with E-state index in [1.165, 1.54) is 5.75 Å². The number of aromatic nitrogens is 2. The molecule has 0 amide bonds. The second-order valence-corrected chi connectivity index (χ2v) is 6.30. The number of hydrogen-bond acceptors (Lipinski definition) is 6. The molecule has 1 aromatic rings. The van der Waals surface area contributed by atoms with Crippen LogP contribution in [0.3, 0.4) is 0 Å². The number of nitrogens with zero attached hydrogens (tertiary/aromatic N) is 3. The van der Waals surface area contributed by atoms with Crippen molar-refractivity contribution < 1.29 is 4.52 Å². The smallest absolute Gasteiger partial charge is 0.231 e. The maximum Gasteiger partial charge on any atom is 0.231 e. The first-order valence-corrected chi connectivity index (χ1v) is 7.60. The van der Waals surface area contributed by atoms with E-state index >= 15 is 0 Å². The predicted molar refractivity (Wildman–Crippen MR) is 73.6 cm³/mol. The van der Waals surface area contributed by atoms with E-state index in [4.69, 9.17) is 10.3 Å². The van der Waals surface area contributed by atoms with Crippen LogP contribution in [0.15, 0.2) is 4.52 Å². The molecule has 1 aromatic heterocycles. The summed E-state index contributed by atoms with van der Waals surface area (Å²) in [7, 11) is 2.11. The van der Waals surface area contributed by atoms with Gasteiger partial charge < -0.3 is 10.3 Å². The number of hydrogen-bond donors (Lipinski definition) is 1. The van der Waals surface area contributed by atoms with E-state index in [1.807, 2.05) is 11.8 Å². The highest BCUT2D eigenvalue weighted by molar-refractivity contribution is 7.99. The second-order valence-electron chi connectivity index (χ2n) is 5.15. The quantitative estimate of drug-likeness (QED) is 0.894. The molecule has 2 atom stereocenters. The zero-order valence-electron chi connectivity index (χ0n) is 11.3. The fourth-order valence-corrected chi connectivity index (χ4v) is 3.36. The molecule has 102 valence electrons. The van der Waals surface area contributed by atoms with E-state index in [2.05, 4.69) is 35.9 Å². The fraction of sp³-hybridized carbons (Fsp3) is 0.833. The molecule has 1 fully saturated rings. The van der Waals surface area contributed by atoms with Gasteiger partial charge in [0.15, 0.2) is 5.82 Å². The molecule has 5 nitrogen and oxygen atoms in total. The normalized spacial score (nSPS) is 23.5. The lowest BCUT2D eigenvalue weighted by Gasteiger charge is -2.29. The zero-order chi connectivity index (χ0) is 13.1. The zero-order valence-corrected chi connectivity index (χ0v) is 12.1. The third-order valence-corrected chi connectivity index (χ3v) is 4.55. The van der Waals surface area contributed by atoms with Gasteiger partial charge in [-0.15, -0.1) is 0 Å². The van der Waals surface area contributed by atoms with Gasteiger partial charge in [-0.3, -0.25) is 4.90 Å². The first-order valence-electron chi connectivity index (χ1n) is 6.45. The number of nitrogens with two attached hydrogens (primary N) is 1. The van der Waals surface area contributed by atoms with Crippen molar-refractivity contribution in [1.29, 1.82) is 0 Å². The summed E-state index contributed by atoms with van der Waals surface area (Å²) < 4.78 is 5.40. The highest BCUT2D eigenvalue weighted by atomic mass is 32.2. The van der Waals surface area contributed by atoms with Gasteiger partial charge in [0.05, 0.1) is 12.0 Å². The molecule has 1 saturated heterocycles. The van der Waals surface area contributed by atoms with Gasteiger partial charge in [-0.2, -0.15) is 16.7 Å². The molecule has 1 aliphatic rings. The van der Waals surface area contributed by atoms with Gasteiger partial charge in [0.25, 0.3) is 0 Å². The molecular weight excluding hydrogens is 248 g/mol. The molecule has 2 rings (SSSR count). The van der Waals surface area contributed by atoms with Crippen LogP contribution in [-0.4, -0.2) is 46.7 Å². The van der Waals surface area contributed by atoms with Crippen molar-refractivity contribution in [2.24, 2.45) is 11.7 Å². The first-order chi connectivity index (χ1) is 8.63. The summed E-state index contributed by atoms with van der Waals surface area (Å²) in [6.07, 6.45) is 0. The van der Waals surface area contributed by atoms with Crippen molar-refractivity contribution in [3.8, 4) is 0 Å². The van der Waals surface area contributed by atoms with Gasteiger partial charge in [-0.1, -0.05) is 19.0 Å². The highest BCUT2D eigenvalue weighted by Crippen LogP contribution is 2.28. The lowest BCUT2D eigenvalue weighted by atomic mass is 9.96. The summed E-state index contributed by atoms with van der Waals surface area (Å²) in [5, 5.41) is 4.14. The van der Waals surface area contributed by atoms with Crippen molar-refractivity contribution >= 4 is 11.8 Å². The van der Waals surface area contributed by atoms with Crippen LogP contribution in [0.5, 0.6) is 0 Å². The Morgan fingerprint density at radius 2 is 2.33 bits per heavy atom. The maximum atomic E-state index is 5.78. The Morgan fingerprint density at radius 1 is 1.56 bits per heavy atom. The van der Waals surface area contributed by atoms with Crippen molar-refractivity contribution in [3.05, 3.63) is 11.7 Å². The van der Waals surface area contributed by atoms with Crippen LogP contribution in [0.25, 0.3) is 0 Å². The van der Waals surface area contributed by atoms with Gasteiger partial charge in [-0.05, 0) is 13.0 Å². The molecule has 0 saturated carbocycles. The minimum absolute atomic E-state index is 0.160. The van der Waals surface area contributed by atoms with Crippen LogP contribution in [0.4, 0.5) is 0 Å². The summed E-state index contributed by atoms with van der Waals surface area (Å²) in [6, 6.07) is 0.270. The molecule has 0 bridgehead atoms. The number of thioether (sulfide) groups is 1. The molecule has 0 aliphatic carbocycles. The average Bonchev–Trinajstić information content (AvgIpc) is 2.79. The molecule has 2 heterocycles. The molecule has 18 heavy (non-hydrogen) atoms. The molecular formula is C12H22N4OS. The highest BCUT2D eigenvalue weighted by Gasteiger charge is 2.28. The Balaban J connectivity index is 2.14. The summed E-state index contributed by atoms with van der Waals surface area (Å²) in [5.41, 5.74) is 5.78. The molecule has 2 N–H and O–H groups in total. The molecule has 0 spiro atoms. The Hall–Kier alpha value is -0.590. The van der Waals surface area contributed by atoms with Crippen LogP contribution >= 0.6 is 11.8 Å². The minimum atomic E-state index is 0.160. The molecule has 6 heteroatoms. The van der Waals surface area contributed by atoms with E-state index < -0.39 is 0 Å². The summed E-state index contributed by atoms with van der Waals surface area (Å²) in [4.78, 5) is 6.85. The van der Waals surface area contributed by atoms with E-state index in [1.54, 1.807) is 0 Å². The van der Waals surface area contributed by atoms with Crippen molar-refractivity contribution in [2.45, 2.75) is 25.8 Å². The third kappa shape index (κ3) is 2.87. The van der Waals surface area contributed by atoms with Gasteiger partial charge in [-0.25, -0.2) is 0 Å². The summed E-state index contributed by atoms with van der Waals surface area (Å²) >= 11 is 1.94. The predicted octanol–water partition coefficient (Wildman–Crippen LogP) is 1.49. The Labute approximate surface area is 112 Å². The largest absolute Gasteiger partial charge is 0.339 e. The lowest BCUT2D eigenvalue weighted by molar-refractivity contribution is 0.255.